The number of benzene rings is 8. The first-order valence-corrected chi connectivity index (χ1v) is 36.4. The lowest BCUT2D eigenvalue weighted by molar-refractivity contribution is -0.0510. The highest BCUT2D eigenvalue weighted by Crippen LogP contribution is 2.42. The number of hydrogen-bond donors (Lipinski definition) is 1. The van der Waals surface area contributed by atoms with Crippen LogP contribution in [0.25, 0.3) is 62.6 Å². The van der Waals surface area contributed by atoms with Gasteiger partial charge in [-0.1, -0.05) is 142 Å². The lowest BCUT2D eigenvalue weighted by atomic mass is 9.74. The average molecular weight is 1480 g/mol. The van der Waals surface area contributed by atoms with Gasteiger partial charge in [-0.3, -0.25) is 8.76 Å². The van der Waals surface area contributed by atoms with E-state index in [1.165, 1.54) is 68.2 Å². The molecular formula is C72H80B3Br2F3O10S4. The van der Waals surface area contributed by atoms with Crippen molar-refractivity contribution in [1.82, 2.24) is 0 Å². The molecule has 10 aromatic rings. The van der Waals surface area contributed by atoms with Crippen LogP contribution in [0.2, 0.25) is 0 Å². The van der Waals surface area contributed by atoms with Crippen LogP contribution in [-0.2, 0) is 48.8 Å². The Morgan fingerprint density at radius 1 is 0.447 bits per heavy atom. The molecule has 1 N–H and O–H groups in total. The van der Waals surface area contributed by atoms with Crippen molar-refractivity contribution < 1.29 is 58.3 Å². The molecule has 22 heteroatoms. The largest absolute Gasteiger partial charge is 0.522 e. The number of halogens is 5. The van der Waals surface area contributed by atoms with Gasteiger partial charge in [-0.2, -0.15) is 21.6 Å². The molecule has 1 atom stereocenters. The maximum Gasteiger partial charge on any atom is 0.522 e. The predicted molar refractivity (Wildman–Crippen MR) is 396 cm³/mol. The molecule has 2 aromatic heterocycles. The summed E-state index contributed by atoms with van der Waals surface area (Å²) in [5.41, 5.74) is 4.09. The van der Waals surface area contributed by atoms with E-state index in [9.17, 15) is 17.4 Å². The van der Waals surface area contributed by atoms with Crippen LogP contribution in [0.3, 0.4) is 0 Å². The minimum absolute atomic E-state index is 0. The summed E-state index contributed by atoms with van der Waals surface area (Å²) in [6.45, 7) is 31.3. The molecule has 0 amide bonds. The van der Waals surface area contributed by atoms with E-state index in [-0.39, 0.29) is 62.4 Å². The first-order valence-electron chi connectivity index (χ1n) is 30.2. The van der Waals surface area contributed by atoms with Gasteiger partial charge in [0.05, 0.1) is 44.4 Å². The Labute approximate surface area is 580 Å². The van der Waals surface area contributed by atoms with Crippen molar-refractivity contribution in [3.05, 3.63) is 189 Å². The van der Waals surface area contributed by atoms with Crippen LogP contribution >= 0.6 is 54.5 Å². The van der Waals surface area contributed by atoms with Crippen LogP contribution in [0.5, 0.6) is 0 Å². The summed E-state index contributed by atoms with van der Waals surface area (Å²) in [5.74, 6) is 0. The lowest BCUT2D eigenvalue weighted by Crippen LogP contribution is -2.41. The highest BCUT2D eigenvalue weighted by molar-refractivity contribution is 9.10. The number of rotatable bonds is 6. The molecule has 94 heavy (non-hydrogen) atoms. The van der Waals surface area contributed by atoms with Crippen LogP contribution in [0.15, 0.2) is 178 Å². The van der Waals surface area contributed by atoms with Crippen LogP contribution in [0, 0.1) is 20.8 Å². The van der Waals surface area contributed by atoms with E-state index in [2.05, 4.69) is 245 Å². The second-order valence-corrected chi connectivity index (χ2v) is 33.1. The molecule has 0 bridgehead atoms. The normalized spacial score (nSPS) is 17.7. The zero-order valence-corrected chi connectivity index (χ0v) is 61.4. The first kappa shape index (κ1) is 74.8. The molecular weight excluding hydrogens is 1400 g/mol. The molecule has 8 aromatic carbocycles. The van der Waals surface area contributed by atoms with Gasteiger partial charge < -0.3 is 27.9 Å². The summed E-state index contributed by atoms with van der Waals surface area (Å²) in [5, 5.41) is 5.49. The molecule has 5 heterocycles. The first-order chi connectivity index (χ1) is 43.2. The molecule has 0 radical (unpaired) electrons. The number of alkyl halides is 3. The van der Waals surface area contributed by atoms with Gasteiger partial charge in [0, 0.05) is 60.4 Å². The minimum Gasteiger partial charge on any atom is -0.399 e. The maximum absolute atomic E-state index is 11.8. The Hall–Kier alpha value is -5.04. The highest BCUT2D eigenvalue weighted by Gasteiger charge is 2.54. The third-order valence-electron chi connectivity index (χ3n) is 18.1. The molecule has 3 aliphatic rings. The summed E-state index contributed by atoms with van der Waals surface area (Å²) >= 11 is 10.7. The molecule has 496 valence electrons. The summed E-state index contributed by atoms with van der Waals surface area (Å²) < 4.78 is 114. The van der Waals surface area contributed by atoms with Crippen molar-refractivity contribution in [1.29, 1.82) is 0 Å². The van der Waals surface area contributed by atoms with Crippen molar-refractivity contribution in [2.24, 2.45) is 0 Å². The second kappa shape index (κ2) is 28.4. The third-order valence-corrected chi connectivity index (χ3v) is 22.9. The highest BCUT2D eigenvalue weighted by atomic mass is 79.9. The zero-order chi connectivity index (χ0) is 68.2. The van der Waals surface area contributed by atoms with Crippen molar-refractivity contribution in [3.63, 3.8) is 0 Å². The number of fused-ring (bicyclic) bond motifs is 6. The molecule has 0 spiro atoms. The average Bonchev–Trinajstić information content (AvgIpc) is 1.63. The number of aryl methyl sites for hydroxylation is 3. The van der Waals surface area contributed by atoms with E-state index in [0.29, 0.717) is 0 Å². The van der Waals surface area contributed by atoms with Gasteiger partial charge in [0.1, 0.15) is 0 Å². The minimum atomic E-state index is -5.84. The standard InChI is InChI=1S/C25H25BO2S.C18H28B2O4.C14H13BrOS.C13H9BrS.CHF3O3S.CH4/c1-16-7-6-8-22-23(16)20-15-18(11-14-21(20)29-22)17-9-12-19(13-10-17)26-27-24(2,3)25(4,5)28-26;1-15(2)16(3,4)22-19(21-15)13-9-11-14(12-10-13)20-23-17(5,6)18(7,8)24-20;1-10-5-3-4-6-12(10)13-9-11(15)7-8-14(13)17(2)16;1-8-3-2-4-12-13(8)10-7-9(14)5-6-11(10)15-12;2-1(3,4)8(5,6)7;/h6-15H,1-5H3;9-12H,1-8H3;3-9H,1-2H3;2-7H,1H3;(H,5,6,7);1H4. The van der Waals surface area contributed by atoms with Gasteiger partial charge in [-0.25, -0.2) is 0 Å². The van der Waals surface area contributed by atoms with Crippen molar-refractivity contribution >= 4 is 154 Å². The van der Waals surface area contributed by atoms with Gasteiger partial charge in [-0.15, -0.1) is 22.7 Å². The smallest absolute Gasteiger partial charge is 0.399 e. The Bertz CT molecular complexity index is 4410. The van der Waals surface area contributed by atoms with E-state index < -0.39 is 26.4 Å². The number of hydrogen-bond acceptors (Lipinski definition) is 11. The second-order valence-electron chi connectivity index (χ2n) is 26.3. The molecule has 1 unspecified atom stereocenters. The Kier molecular flexibility index (Phi) is 22.6. The monoisotopic (exact) mass is 1480 g/mol. The Morgan fingerprint density at radius 2 is 0.787 bits per heavy atom. The van der Waals surface area contributed by atoms with Crippen molar-refractivity contribution in [2.45, 2.75) is 155 Å². The van der Waals surface area contributed by atoms with E-state index >= 15 is 0 Å². The summed E-state index contributed by atoms with van der Waals surface area (Å²) in [4.78, 5) is 0.877. The van der Waals surface area contributed by atoms with Crippen LogP contribution in [-0.4, -0.2) is 83.9 Å². The van der Waals surface area contributed by atoms with E-state index in [4.69, 9.17) is 40.9 Å². The summed E-state index contributed by atoms with van der Waals surface area (Å²) in [6.07, 6.45) is 1.71. The summed E-state index contributed by atoms with van der Waals surface area (Å²) in [6, 6.07) is 57.1. The molecule has 3 aliphatic heterocycles. The van der Waals surface area contributed by atoms with E-state index in [1.54, 1.807) is 6.26 Å². The van der Waals surface area contributed by atoms with Gasteiger partial charge in [0.2, 0.25) is 0 Å². The number of thiophene rings is 2. The SMILES string of the molecule is C.CC1(C)OB(c2ccc(B3OC(C)(C)C(C)(C)O3)cc2)OC1(C)C.Cc1cccc2sc3ccc(-c4ccc(B5OC(C)(C)C(C)(C)O5)cc4)cc3c12.Cc1cccc2sc3ccc(Br)cc3c12.Cc1ccccc1-c1cc(Br)ccc1S(C)=O.O=S(=O)(O)C(F)(F)F. The predicted octanol–water partition coefficient (Wildman–Crippen LogP) is 18.9. The van der Waals surface area contributed by atoms with E-state index in [1.807, 2.05) is 77.3 Å². The van der Waals surface area contributed by atoms with Gasteiger partial charge in [0.25, 0.3) is 0 Å². The van der Waals surface area contributed by atoms with Crippen molar-refractivity contribution in [2.75, 3.05) is 6.26 Å². The lowest BCUT2D eigenvalue weighted by Gasteiger charge is -2.32. The zero-order valence-electron chi connectivity index (χ0n) is 55.0. The van der Waals surface area contributed by atoms with Crippen molar-refractivity contribution in [3.8, 4) is 22.3 Å². The fourth-order valence-corrected chi connectivity index (χ4v) is 14.4. The van der Waals surface area contributed by atoms with Gasteiger partial charge in [0.15, 0.2) is 0 Å². The molecule has 10 nitrogen and oxygen atoms in total. The van der Waals surface area contributed by atoms with Crippen LogP contribution in [0.1, 0.15) is 107 Å². The summed E-state index contributed by atoms with van der Waals surface area (Å²) in [7, 11) is -7.83. The maximum atomic E-state index is 11.8. The van der Waals surface area contributed by atoms with E-state index in [0.717, 1.165) is 41.4 Å². The Morgan fingerprint density at radius 3 is 1.18 bits per heavy atom. The third kappa shape index (κ3) is 16.2. The molecule has 13 rings (SSSR count). The van der Waals surface area contributed by atoms with Gasteiger partial charge >= 0.3 is 37.0 Å². The van der Waals surface area contributed by atoms with Crippen LogP contribution in [0.4, 0.5) is 13.2 Å². The Balaban J connectivity index is 0.000000158. The fourth-order valence-electron chi connectivity index (χ4n) is 10.6. The molecule has 0 aliphatic carbocycles. The molecule has 3 fully saturated rings. The topological polar surface area (TPSA) is 127 Å². The quantitative estimate of drug-likeness (QED) is 0.0977. The molecule has 3 saturated heterocycles. The fraction of sp³-hybridized carbons (Fsp3) is 0.333. The molecule has 0 saturated carbocycles. The van der Waals surface area contributed by atoms with Crippen LogP contribution < -0.4 is 16.4 Å². The van der Waals surface area contributed by atoms with Gasteiger partial charge in [-0.05, 0) is 220 Å².